The van der Waals surface area contributed by atoms with E-state index in [1.54, 1.807) is 19.3 Å². The lowest BCUT2D eigenvalue weighted by Gasteiger charge is -2.17. The smallest absolute Gasteiger partial charge is 0.270 e. The van der Waals surface area contributed by atoms with Crippen LogP contribution >= 0.6 is 15.9 Å². The van der Waals surface area contributed by atoms with Gasteiger partial charge in [-0.2, -0.15) is 0 Å². The van der Waals surface area contributed by atoms with Crippen LogP contribution in [0.1, 0.15) is 24.3 Å². The number of halogens is 1. The number of carbonyl (C=O) groups is 2. The number of likely N-dealkylation sites (N-methyl/N-ethyl adjacent to an activating group) is 1. The van der Waals surface area contributed by atoms with Gasteiger partial charge in [-0.3, -0.25) is 9.59 Å². The van der Waals surface area contributed by atoms with E-state index in [4.69, 9.17) is 0 Å². The molecule has 0 aliphatic rings. The molecule has 0 aliphatic heterocycles. The summed E-state index contributed by atoms with van der Waals surface area (Å²) in [6.45, 7) is 3.80. The summed E-state index contributed by atoms with van der Waals surface area (Å²) < 4.78 is 0.806. The molecule has 0 spiro atoms. The predicted molar refractivity (Wildman–Crippen MR) is 68.7 cm³/mol. The van der Waals surface area contributed by atoms with Gasteiger partial charge in [0, 0.05) is 23.8 Å². The molecule has 17 heavy (non-hydrogen) atoms. The highest BCUT2D eigenvalue weighted by Gasteiger charge is 2.16. The number of hydrogen-bond donors (Lipinski definition) is 2. The van der Waals surface area contributed by atoms with E-state index in [1.807, 2.05) is 13.8 Å². The minimum atomic E-state index is -0.213. The number of aromatic amines is 1. The van der Waals surface area contributed by atoms with Crippen molar-refractivity contribution in [2.24, 2.45) is 0 Å². The van der Waals surface area contributed by atoms with E-state index in [9.17, 15) is 9.59 Å². The molecule has 0 unspecified atom stereocenters. The molecular weight excluding hydrogens is 286 g/mol. The Hall–Kier alpha value is -1.30. The van der Waals surface area contributed by atoms with Gasteiger partial charge in [-0.05, 0) is 35.8 Å². The van der Waals surface area contributed by atoms with Crippen molar-refractivity contribution in [2.45, 2.75) is 19.9 Å². The quantitative estimate of drug-likeness (QED) is 0.882. The number of carbonyl (C=O) groups excluding carboxylic acids is 2. The maximum atomic E-state index is 11.9. The molecule has 0 saturated carbocycles. The second kappa shape index (κ2) is 5.86. The highest BCUT2D eigenvalue weighted by molar-refractivity contribution is 9.10. The zero-order valence-electron chi connectivity index (χ0n) is 10.1. The van der Waals surface area contributed by atoms with Gasteiger partial charge in [-0.15, -0.1) is 0 Å². The fourth-order valence-corrected chi connectivity index (χ4v) is 1.70. The van der Waals surface area contributed by atoms with E-state index in [-0.39, 0.29) is 24.4 Å². The Labute approximate surface area is 109 Å². The molecule has 0 radical (unpaired) electrons. The van der Waals surface area contributed by atoms with Crippen LogP contribution in [0.3, 0.4) is 0 Å². The number of nitrogens with zero attached hydrogens (tertiary/aromatic N) is 1. The third kappa shape index (κ3) is 4.22. The highest BCUT2D eigenvalue weighted by Crippen LogP contribution is 2.11. The fraction of sp³-hybridized carbons (Fsp3) is 0.455. The summed E-state index contributed by atoms with van der Waals surface area (Å²) in [5.74, 6) is -0.379. The van der Waals surface area contributed by atoms with Crippen LogP contribution in [-0.2, 0) is 4.79 Å². The van der Waals surface area contributed by atoms with Crippen molar-refractivity contribution in [3.8, 4) is 0 Å². The van der Waals surface area contributed by atoms with Crippen molar-refractivity contribution >= 4 is 27.7 Å². The van der Waals surface area contributed by atoms with Gasteiger partial charge < -0.3 is 15.2 Å². The average molecular weight is 302 g/mol. The second-order valence-electron chi connectivity index (χ2n) is 4.12. The number of nitrogens with one attached hydrogen (secondary N) is 2. The molecule has 2 amide bonds. The Bertz CT molecular complexity index is 415. The molecule has 94 valence electrons. The van der Waals surface area contributed by atoms with Gasteiger partial charge in [0.05, 0.1) is 6.54 Å². The molecule has 0 fully saturated rings. The van der Waals surface area contributed by atoms with Crippen LogP contribution in [0.25, 0.3) is 0 Å². The Balaban J connectivity index is 2.56. The van der Waals surface area contributed by atoms with Crippen LogP contribution in [0, 0.1) is 0 Å². The van der Waals surface area contributed by atoms with Crippen molar-refractivity contribution < 1.29 is 9.59 Å². The number of aromatic nitrogens is 1. The molecule has 0 aliphatic carbocycles. The zero-order valence-corrected chi connectivity index (χ0v) is 11.7. The first-order valence-electron chi connectivity index (χ1n) is 5.29. The van der Waals surface area contributed by atoms with Gasteiger partial charge in [0.2, 0.25) is 5.91 Å². The Morgan fingerprint density at radius 1 is 1.53 bits per heavy atom. The SMILES string of the molecule is CC(C)NC(=O)CN(C)C(=O)c1cc(Br)c[nH]1. The van der Waals surface area contributed by atoms with Gasteiger partial charge in [-0.1, -0.05) is 0 Å². The Morgan fingerprint density at radius 2 is 2.18 bits per heavy atom. The summed E-state index contributed by atoms with van der Waals surface area (Å²) in [6, 6.07) is 1.75. The Kier molecular flexibility index (Phi) is 4.74. The van der Waals surface area contributed by atoms with Gasteiger partial charge in [0.15, 0.2) is 0 Å². The minimum absolute atomic E-state index is 0.0493. The van der Waals surface area contributed by atoms with Gasteiger partial charge in [0.1, 0.15) is 5.69 Å². The predicted octanol–water partition coefficient (Wildman–Crippen LogP) is 1.37. The minimum Gasteiger partial charge on any atom is -0.356 e. The summed E-state index contributed by atoms with van der Waals surface area (Å²) in [7, 11) is 1.59. The Morgan fingerprint density at radius 3 is 2.65 bits per heavy atom. The molecule has 1 aromatic rings. The number of amides is 2. The van der Waals surface area contributed by atoms with Gasteiger partial charge in [-0.25, -0.2) is 0 Å². The number of hydrogen-bond acceptors (Lipinski definition) is 2. The van der Waals surface area contributed by atoms with E-state index in [0.29, 0.717) is 5.69 Å². The molecule has 6 heteroatoms. The maximum absolute atomic E-state index is 11.9. The lowest BCUT2D eigenvalue weighted by atomic mass is 10.3. The molecule has 1 heterocycles. The van der Waals surface area contributed by atoms with Crippen LogP contribution in [0.4, 0.5) is 0 Å². The van der Waals surface area contributed by atoms with Crippen molar-refractivity contribution in [3.63, 3.8) is 0 Å². The highest BCUT2D eigenvalue weighted by atomic mass is 79.9. The normalized spacial score (nSPS) is 10.4. The molecule has 0 saturated heterocycles. The molecule has 0 aromatic carbocycles. The van der Waals surface area contributed by atoms with Crippen LogP contribution in [0.15, 0.2) is 16.7 Å². The van der Waals surface area contributed by atoms with Crippen molar-refractivity contribution in [2.75, 3.05) is 13.6 Å². The summed E-state index contributed by atoms with van der Waals surface area (Å²) in [4.78, 5) is 27.6. The first-order chi connectivity index (χ1) is 7.90. The van der Waals surface area contributed by atoms with Gasteiger partial charge in [0.25, 0.3) is 5.91 Å². The first-order valence-corrected chi connectivity index (χ1v) is 6.08. The monoisotopic (exact) mass is 301 g/mol. The summed E-state index contributed by atoms with van der Waals surface area (Å²) in [6.07, 6.45) is 1.68. The van der Waals surface area contributed by atoms with Crippen LogP contribution < -0.4 is 5.32 Å². The largest absolute Gasteiger partial charge is 0.356 e. The summed E-state index contributed by atoms with van der Waals surface area (Å²) in [5, 5.41) is 2.73. The van der Waals surface area contributed by atoms with E-state index in [1.165, 1.54) is 4.90 Å². The molecule has 0 bridgehead atoms. The van der Waals surface area contributed by atoms with E-state index in [2.05, 4.69) is 26.2 Å². The van der Waals surface area contributed by atoms with Crippen LogP contribution in [0.2, 0.25) is 0 Å². The lowest BCUT2D eigenvalue weighted by Crippen LogP contribution is -2.40. The van der Waals surface area contributed by atoms with E-state index in [0.717, 1.165) is 4.47 Å². The van der Waals surface area contributed by atoms with Gasteiger partial charge >= 0.3 is 0 Å². The van der Waals surface area contributed by atoms with Crippen molar-refractivity contribution in [1.82, 2.24) is 15.2 Å². The molecule has 2 N–H and O–H groups in total. The summed E-state index contributed by atoms with van der Waals surface area (Å²) in [5.41, 5.74) is 0.455. The lowest BCUT2D eigenvalue weighted by molar-refractivity contribution is -0.122. The van der Waals surface area contributed by atoms with Crippen LogP contribution in [-0.4, -0.2) is 41.3 Å². The van der Waals surface area contributed by atoms with E-state index >= 15 is 0 Å². The molecule has 1 rings (SSSR count). The molecular formula is C11H16BrN3O2. The van der Waals surface area contributed by atoms with E-state index < -0.39 is 0 Å². The van der Waals surface area contributed by atoms with Crippen molar-refractivity contribution in [1.29, 1.82) is 0 Å². The van der Waals surface area contributed by atoms with Crippen molar-refractivity contribution in [3.05, 3.63) is 22.4 Å². The number of rotatable bonds is 4. The molecule has 0 atom stereocenters. The third-order valence-corrected chi connectivity index (χ3v) is 2.51. The maximum Gasteiger partial charge on any atom is 0.270 e. The third-order valence-electron chi connectivity index (χ3n) is 2.06. The zero-order chi connectivity index (χ0) is 13.0. The fourth-order valence-electron chi connectivity index (χ4n) is 1.35. The summed E-state index contributed by atoms with van der Waals surface area (Å²) >= 11 is 3.25. The molecule has 5 nitrogen and oxygen atoms in total. The molecule has 1 aromatic heterocycles. The first kappa shape index (κ1) is 13.8. The van der Waals surface area contributed by atoms with Crippen LogP contribution in [0.5, 0.6) is 0 Å². The second-order valence-corrected chi connectivity index (χ2v) is 5.03. The topological polar surface area (TPSA) is 65.2 Å². The number of H-pyrrole nitrogens is 1. The standard InChI is InChI=1S/C11H16BrN3O2/c1-7(2)14-10(16)6-15(3)11(17)9-4-8(12)5-13-9/h4-5,7,13H,6H2,1-3H3,(H,14,16). The average Bonchev–Trinajstić information content (AvgIpc) is 2.62.